The van der Waals surface area contributed by atoms with E-state index in [1.54, 1.807) is 0 Å². The molecule has 0 radical (unpaired) electrons. The summed E-state index contributed by atoms with van der Waals surface area (Å²) in [6, 6.07) is 0.757. The lowest BCUT2D eigenvalue weighted by atomic mass is 9.96. The lowest BCUT2D eigenvalue weighted by molar-refractivity contribution is 0.0779. The quantitative estimate of drug-likeness (QED) is 0.905. The summed E-state index contributed by atoms with van der Waals surface area (Å²) < 4.78 is 5.58. The first kappa shape index (κ1) is 14.9. The van der Waals surface area contributed by atoms with Gasteiger partial charge in [-0.25, -0.2) is 9.97 Å². The Kier molecular flexibility index (Phi) is 4.55. The van der Waals surface area contributed by atoms with E-state index in [1.807, 2.05) is 0 Å². The van der Waals surface area contributed by atoms with Crippen LogP contribution in [-0.4, -0.2) is 35.8 Å². The zero-order valence-corrected chi connectivity index (χ0v) is 13.5. The number of hydrogen-bond acceptors (Lipinski definition) is 4. The average Bonchev–Trinajstić information content (AvgIpc) is 3.29. The lowest BCUT2D eigenvalue weighted by Gasteiger charge is -2.23. The van der Waals surface area contributed by atoms with E-state index >= 15 is 0 Å². The third kappa shape index (κ3) is 3.61. The van der Waals surface area contributed by atoms with Crippen molar-refractivity contribution >= 4 is 0 Å². The molecule has 1 saturated carbocycles. The Bertz CT molecular complexity index is 470. The molecule has 0 bridgehead atoms. The van der Waals surface area contributed by atoms with Crippen LogP contribution in [-0.2, 0) is 4.74 Å². The predicted octanol–water partition coefficient (Wildman–Crippen LogP) is 2.84. The van der Waals surface area contributed by atoms with Crippen molar-refractivity contribution in [2.24, 2.45) is 0 Å². The van der Waals surface area contributed by atoms with Crippen LogP contribution < -0.4 is 5.32 Å². The SMILES string of the molecule is Cc1nc(C2CCCOC2)nc(C)c1C(C)CNC1CC1. The topological polar surface area (TPSA) is 47.0 Å². The Labute approximate surface area is 127 Å². The maximum atomic E-state index is 5.58. The van der Waals surface area contributed by atoms with E-state index in [0.29, 0.717) is 11.8 Å². The number of nitrogens with one attached hydrogen (secondary N) is 1. The Hall–Kier alpha value is -1.00. The van der Waals surface area contributed by atoms with Crippen LogP contribution in [0.15, 0.2) is 0 Å². The summed E-state index contributed by atoms with van der Waals surface area (Å²) in [6.07, 6.45) is 4.94. The smallest absolute Gasteiger partial charge is 0.134 e. The minimum atomic E-state index is 0.380. The van der Waals surface area contributed by atoms with Crippen LogP contribution in [0.5, 0.6) is 0 Å². The summed E-state index contributed by atoms with van der Waals surface area (Å²) in [7, 11) is 0. The number of hydrogen-bond donors (Lipinski definition) is 1. The highest BCUT2D eigenvalue weighted by Crippen LogP contribution is 2.27. The van der Waals surface area contributed by atoms with Gasteiger partial charge >= 0.3 is 0 Å². The largest absolute Gasteiger partial charge is 0.381 e. The molecular weight excluding hydrogens is 262 g/mol. The molecule has 1 aliphatic heterocycles. The lowest BCUT2D eigenvalue weighted by Crippen LogP contribution is -2.24. The fraction of sp³-hybridized carbons (Fsp3) is 0.765. The summed E-state index contributed by atoms with van der Waals surface area (Å²) in [5.41, 5.74) is 3.62. The molecule has 2 atom stereocenters. The van der Waals surface area contributed by atoms with Crippen LogP contribution >= 0.6 is 0 Å². The molecule has 4 heteroatoms. The minimum Gasteiger partial charge on any atom is -0.381 e. The van der Waals surface area contributed by atoms with Gasteiger partial charge in [-0.3, -0.25) is 0 Å². The van der Waals surface area contributed by atoms with Crippen LogP contribution in [0.2, 0.25) is 0 Å². The average molecular weight is 289 g/mol. The molecule has 2 aliphatic rings. The van der Waals surface area contributed by atoms with Gasteiger partial charge in [-0.05, 0) is 51.0 Å². The van der Waals surface area contributed by atoms with Gasteiger partial charge < -0.3 is 10.1 Å². The zero-order valence-electron chi connectivity index (χ0n) is 13.5. The van der Waals surface area contributed by atoms with Gasteiger partial charge in [-0.2, -0.15) is 0 Å². The normalized spacial score (nSPS) is 24.0. The highest BCUT2D eigenvalue weighted by Gasteiger charge is 2.24. The molecule has 1 aromatic rings. The standard InChI is InChI=1S/C17H27N3O/c1-11(9-18-15-6-7-15)16-12(2)19-17(20-13(16)3)14-5-4-8-21-10-14/h11,14-15,18H,4-10H2,1-3H3. The molecule has 3 rings (SSSR count). The number of ether oxygens (including phenoxy) is 1. The Morgan fingerprint density at radius 3 is 2.48 bits per heavy atom. The predicted molar refractivity (Wildman–Crippen MR) is 83.7 cm³/mol. The fourth-order valence-electron chi connectivity index (χ4n) is 3.32. The van der Waals surface area contributed by atoms with Crippen molar-refractivity contribution in [2.75, 3.05) is 19.8 Å². The van der Waals surface area contributed by atoms with Crippen molar-refractivity contribution in [3.63, 3.8) is 0 Å². The first-order chi connectivity index (χ1) is 10.1. The summed E-state index contributed by atoms with van der Waals surface area (Å²) in [5, 5.41) is 3.61. The highest BCUT2D eigenvalue weighted by molar-refractivity contribution is 5.29. The van der Waals surface area contributed by atoms with Crippen LogP contribution in [0.1, 0.15) is 67.2 Å². The molecule has 2 heterocycles. The van der Waals surface area contributed by atoms with E-state index in [0.717, 1.165) is 55.9 Å². The molecule has 116 valence electrons. The fourth-order valence-corrected chi connectivity index (χ4v) is 3.32. The van der Waals surface area contributed by atoms with Gasteiger partial charge in [-0.15, -0.1) is 0 Å². The van der Waals surface area contributed by atoms with E-state index in [9.17, 15) is 0 Å². The van der Waals surface area contributed by atoms with Crippen molar-refractivity contribution in [2.45, 2.75) is 64.3 Å². The Balaban J connectivity index is 1.74. The van der Waals surface area contributed by atoms with E-state index in [1.165, 1.54) is 18.4 Å². The molecule has 0 aromatic carbocycles. The first-order valence-electron chi connectivity index (χ1n) is 8.31. The van der Waals surface area contributed by atoms with E-state index in [2.05, 4.69) is 26.1 Å². The first-order valence-corrected chi connectivity index (χ1v) is 8.31. The molecule has 0 amide bonds. The van der Waals surface area contributed by atoms with E-state index in [4.69, 9.17) is 14.7 Å². The molecule has 4 nitrogen and oxygen atoms in total. The zero-order chi connectivity index (χ0) is 14.8. The van der Waals surface area contributed by atoms with Gasteiger partial charge in [0.1, 0.15) is 5.82 Å². The van der Waals surface area contributed by atoms with Crippen molar-refractivity contribution in [3.05, 3.63) is 22.8 Å². The number of aromatic nitrogens is 2. The summed E-state index contributed by atoms with van der Waals surface area (Å²) in [5.74, 6) is 1.84. The summed E-state index contributed by atoms with van der Waals surface area (Å²) in [6.45, 7) is 9.22. The number of rotatable bonds is 5. The van der Waals surface area contributed by atoms with Crippen LogP contribution in [0.4, 0.5) is 0 Å². The van der Waals surface area contributed by atoms with Crippen molar-refractivity contribution < 1.29 is 4.74 Å². The monoisotopic (exact) mass is 289 g/mol. The third-order valence-corrected chi connectivity index (χ3v) is 4.65. The maximum Gasteiger partial charge on any atom is 0.134 e. The molecular formula is C17H27N3O. The molecule has 1 aliphatic carbocycles. The molecule has 1 saturated heterocycles. The molecule has 2 unspecified atom stereocenters. The van der Waals surface area contributed by atoms with E-state index in [-0.39, 0.29) is 0 Å². The molecule has 0 spiro atoms. The molecule has 21 heavy (non-hydrogen) atoms. The Morgan fingerprint density at radius 1 is 1.19 bits per heavy atom. The van der Waals surface area contributed by atoms with Gasteiger partial charge in [0.15, 0.2) is 0 Å². The van der Waals surface area contributed by atoms with E-state index < -0.39 is 0 Å². The van der Waals surface area contributed by atoms with Crippen LogP contribution in [0.3, 0.4) is 0 Å². The minimum absolute atomic E-state index is 0.380. The molecule has 1 N–H and O–H groups in total. The maximum absolute atomic E-state index is 5.58. The number of nitrogens with zero attached hydrogens (tertiary/aromatic N) is 2. The second kappa shape index (κ2) is 6.41. The van der Waals surface area contributed by atoms with Gasteiger partial charge in [0.2, 0.25) is 0 Å². The van der Waals surface area contributed by atoms with Crippen molar-refractivity contribution in [3.8, 4) is 0 Å². The molecule has 2 fully saturated rings. The van der Waals surface area contributed by atoms with Crippen molar-refractivity contribution in [1.82, 2.24) is 15.3 Å². The van der Waals surface area contributed by atoms with Crippen LogP contribution in [0.25, 0.3) is 0 Å². The Morgan fingerprint density at radius 2 is 1.90 bits per heavy atom. The van der Waals surface area contributed by atoms with Gasteiger partial charge in [0.05, 0.1) is 6.61 Å². The van der Waals surface area contributed by atoms with Crippen molar-refractivity contribution in [1.29, 1.82) is 0 Å². The van der Waals surface area contributed by atoms with Gasteiger partial charge in [0, 0.05) is 36.5 Å². The van der Waals surface area contributed by atoms with Gasteiger partial charge in [-0.1, -0.05) is 6.92 Å². The third-order valence-electron chi connectivity index (χ3n) is 4.65. The molecule has 1 aromatic heterocycles. The summed E-state index contributed by atoms with van der Waals surface area (Å²) >= 11 is 0. The second-order valence-electron chi connectivity index (χ2n) is 6.66. The van der Waals surface area contributed by atoms with Gasteiger partial charge in [0.25, 0.3) is 0 Å². The summed E-state index contributed by atoms with van der Waals surface area (Å²) in [4.78, 5) is 9.61. The highest BCUT2D eigenvalue weighted by atomic mass is 16.5. The second-order valence-corrected chi connectivity index (χ2v) is 6.66. The van der Waals surface area contributed by atoms with Crippen LogP contribution in [0, 0.1) is 13.8 Å². The number of aryl methyl sites for hydroxylation is 2.